The molecule has 0 amide bonds. The van der Waals surface area contributed by atoms with E-state index >= 15 is 0 Å². The molecular weight excluding hydrogens is 255 g/mol. The van der Waals surface area contributed by atoms with Crippen LogP contribution >= 0.6 is 15.9 Å². The van der Waals surface area contributed by atoms with Crippen molar-refractivity contribution in [2.24, 2.45) is 0 Å². The third-order valence-electron chi connectivity index (χ3n) is 1.36. The van der Waals surface area contributed by atoms with Crippen molar-refractivity contribution in [3.63, 3.8) is 0 Å². The number of benzene rings is 1. The maximum atomic E-state index is 12.3. The fourth-order valence-electron chi connectivity index (χ4n) is 0.711. The first-order valence-electron chi connectivity index (χ1n) is 4.68. The minimum atomic E-state index is -1.69. The summed E-state index contributed by atoms with van der Waals surface area (Å²) in [4.78, 5) is 10.5. The van der Waals surface area contributed by atoms with E-state index < -0.39 is 18.7 Å². The summed E-state index contributed by atoms with van der Waals surface area (Å²) in [5, 5.41) is 8.57. The lowest BCUT2D eigenvalue weighted by atomic mass is 10.3. The Morgan fingerprint density at radius 3 is 2.71 bits per heavy atom. The number of aliphatic carboxylic acids is 1. The summed E-state index contributed by atoms with van der Waals surface area (Å²) in [6.45, 7) is -1.22. The van der Waals surface area contributed by atoms with E-state index in [1.165, 1.54) is 12.1 Å². The fourth-order valence-corrected chi connectivity index (χ4v) is 0.939. The third kappa shape index (κ3) is 2.99. The smallest absolute Gasteiger partial charge is 0.347 e. The van der Waals surface area contributed by atoms with Gasteiger partial charge in [-0.05, 0) is 24.2 Å². The van der Waals surface area contributed by atoms with Crippen molar-refractivity contribution in [2.75, 3.05) is 6.67 Å². The van der Waals surface area contributed by atoms with E-state index in [0.29, 0.717) is 4.47 Å². The van der Waals surface area contributed by atoms with E-state index in [4.69, 9.17) is 12.6 Å². The van der Waals surface area contributed by atoms with Crippen molar-refractivity contribution in [3.05, 3.63) is 28.7 Å². The first kappa shape index (κ1) is 8.23. The Bertz CT molecular complexity index is 391. The second-order valence-electron chi connectivity index (χ2n) is 2.39. The molecule has 3 nitrogen and oxygen atoms in total. The molecule has 0 saturated carbocycles. The molecule has 0 bridgehead atoms. The van der Waals surface area contributed by atoms with Gasteiger partial charge >= 0.3 is 5.97 Å². The highest BCUT2D eigenvalue weighted by Crippen LogP contribution is 2.17. The largest absolute Gasteiger partial charge is 0.478 e. The van der Waals surface area contributed by atoms with Crippen LogP contribution in [0.3, 0.4) is 0 Å². The molecule has 5 heteroatoms. The molecule has 0 spiro atoms. The highest BCUT2D eigenvalue weighted by molar-refractivity contribution is 9.10. The molecular formula is C9H8BrFO3. The molecule has 1 N–H and O–H groups in total. The monoisotopic (exact) mass is 264 g/mol. The van der Waals surface area contributed by atoms with Crippen molar-refractivity contribution in [1.29, 1.82) is 0 Å². The zero-order valence-electron chi connectivity index (χ0n) is 8.96. The fraction of sp³-hybridized carbons (Fsp3) is 0.222. The van der Waals surface area contributed by atoms with Gasteiger partial charge in [0.2, 0.25) is 6.10 Å². The molecule has 0 aliphatic heterocycles. The van der Waals surface area contributed by atoms with Gasteiger partial charge in [-0.2, -0.15) is 0 Å². The van der Waals surface area contributed by atoms with Gasteiger partial charge in [-0.25, -0.2) is 9.18 Å². The predicted octanol–water partition coefficient (Wildman–Crippen LogP) is 2.25. The van der Waals surface area contributed by atoms with Crippen LogP contribution < -0.4 is 4.74 Å². The summed E-state index contributed by atoms with van der Waals surface area (Å²) in [6.07, 6.45) is -1.69. The van der Waals surface area contributed by atoms with E-state index in [2.05, 4.69) is 15.9 Å². The maximum absolute atomic E-state index is 12.3. The first-order chi connectivity index (χ1) is 7.45. The van der Waals surface area contributed by atoms with Crippen LogP contribution in [0.25, 0.3) is 0 Å². The van der Waals surface area contributed by atoms with Crippen LogP contribution in [-0.2, 0) is 4.79 Å². The van der Waals surface area contributed by atoms with Crippen LogP contribution in [-0.4, -0.2) is 23.9 Å². The van der Waals surface area contributed by atoms with E-state index in [1.807, 2.05) is 0 Å². The van der Waals surface area contributed by atoms with E-state index in [-0.39, 0.29) is 17.8 Å². The highest BCUT2D eigenvalue weighted by atomic mass is 79.9. The molecule has 0 saturated heterocycles. The number of hydrogen-bond donors (Lipinski definition) is 1. The van der Waals surface area contributed by atoms with Crippen molar-refractivity contribution in [2.45, 2.75) is 6.10 Å². The molecule has 0 fully saturated rings. The summed E-state index contributed by atoms with van der Waals surface area (Å²) in [6, 6.07) is 2.34. The van der Waals surface area contributed by atoms with E-state index in [9.17, 15) is 9.18 Å². The van der Waals surface area contributed by atoms with Crippen LogP contribution in [0.1, 0.15) is 2.74 Å². The van der Waals surface area contributed by atoms with Crippen LogP contribution in [0.2, 0.25) is 0 Å². The first-order valence-corrected chi connectivity index (χ1v) is 4.47. The summed E-state index contributed by atoms with van der Waals surface area (Å²) in [5.41, 5.74) is 0. The van der Waals surface area contributed by atoms with Gasteiger partial charge in [0, 0.05) is 4.47 Å². The van der Waals surface area contributed by atoms with Crippen molar-refractivity contribution >= 4 is 21.9 Å². The second kappa shape index (κ2) is 4.95. The molecule has 0 unspecified atom stereocenters. The molecule has 0 aliphatic rings. The summed E-state index contributed by atoms with van der Waals surface area (Å²) >= 11 is 3.07. The van der Waals surface area contributed by atoms with Crippen LogP contribution in [0.15, 0.2) is 28.7 Å². The molecule has 0 aromatic heterocycles. The second-order valence-corrected chi connectivity index (χ2v) is 3.31. The average Bonchev–Trinajstić information content (AvgIpc) is 2.15. The number of carbonyl (C=O) groups is 1. The SMILES string of the molecule is [2H]c1cc(Br)cc([2H])c1O[C@@H](CF)C(=O)O. The summed E-state index contributed by atoms with van der Waals surface area (Å²) in [5.74, 6) is -1.71. The topological polar surface area (TPSA) is 46.5 Å². The zero-order chi connectivity index (χ0) is 12.3. The molecule has 1 rings (SSSR count). The molecule has 1 aromatic carbocycles. The number of carboxylic acids is 1. The van der Waals surface area contributed by atoms with E-state index in [1.54, 1.807) is 0 Å². The number of rotatable bonds is 4. The molecule has 76 valence electrons. The molecule has 0 aliphatic carbocycles. The Balaban J connectivity index is 3.01. The summed E-state index contributed by atoms with van der Waals surface area (Å²) < 4.78 is 32.5. The van der Waals surface area contributed by atoms with Crippen molar-refractivity contribution < 1.29 is 21.8 Å². The van der Waals surface area contributed by atoms with Gasteiger partial charge < -0.3 is 9.84 Å². The zero-order valence-corrected chi connectivity index (χ0v) is 8.54. The van der Waals surface area contributed by atoms with Crippen LogP contribution in [0.4, 0.5) is 4.39 Å². The standard InChI is InChI=1S/C9H8BrFO3/c10-6-1-3-7(4-2-6)14-8(5-11)9(12)13/h1-4,8H,5H2,(H,12,13)/t8-/m0/s1/i3D,4D. The normalized spacial score (nSPS) is 14.1. The quantitative estimate of drug-likeness (QED) is 0.908. The Labute approximate surface area is 91.4 Å². The number of ether oxygens (including phenoxy) is 1. The van der Waals surface area contributed by atoms with Gasteiger partial charge in [0.05, 0.1) is 2.74 Å². The van der Waals surface area contributed by atoms with Gasteiger partial charge in [0.15, 0.2) is 0 Å². The number of alkyl halides is 1. The Hall–Kier alpha value is -1.10. The summed E-state index contributed by atoms with van der Waals surface area (Å²) in [7, 11) is 0. The van der Waals surface area contributed by atoms with Crippen molar-refractivity contribution in [1.82, 2.24) is 0 Å². The molecule has 1 atom stereocenters. The van der Waals surface area contributed by atoms with Gasteiger partial charge in [0.25, 0.3) is 0 Å². The number of halogens is 2. The lowest BCUT2D eigenvalue weighted by Gasteiger charge is -2.11. The third-order valence-corrected chi connectivity index (χ3v) is 1.82. The minimum absolute atomic E-state index is 0.168. The Kier molecular flexibility index (Phi) is 2.91. The maximum Gasteiger partial charge on any atom is 0.347 e. The highest BCUT2D eigenvalue weighted by Gasteiger charge is 2.18. The van der Waals surface area contributed by atoms with Crippen LogP contribution in [0.5, 0.6) is 5.75 Å². The Morgan fingerprint density at radius 1 is 1.71 bits per heavy atom. The predicted molar refractivity (Wildman–Crippen MR) is 52.2 cm³/mol. The van der Waals surface area contributed by atoms with Crippen molar-refractivity contribution in [3.8, 4) is 5.75 Å². The lowest BCUT2D eigenvalue weighted by molar-refractivity contribution is -0.145. The molecule has 0 heterocycles. The molecule has 0 radical (unpaired) electrons. The van der Waals surface area contributed by atoms with E-state index in [0.717, 1.165) is 0 Å². The number of hydrogen-bond acceptors (Lipinski definition) is 2. The van der Waals surface area contributed by atoms with Gasteiger partial charge in [-0.1, -0.05) is 15.9 Å². The van der Waals surface area contributed by atoms with Gasteiger partial charge in [-0.15, -0.1) is 0 Å². The minimum Gasteiger partial charge on any atom is -0.478 e. The number of carboxylic acid groups (broad SMARTS) is 1. The Morgan fingerprint density at radius 2 is 2.29 bits per heavy atom. The van der Waals surface area contributed by atoms with Gasteiger partial charge in [-0.3, -0.25) is 0 Å². The lowest BCUT2D eigenvalue weighted by Crippen LogP contribution is -2.28. The van der Waals surface area contributed by atoms with Crippen LogP contribution in [0, 0.1) is 0 Å². The van der Waals surface area contributed by atoms with Gasteiger partial charge in [0.1, 0.15) is 12.4 Å². The molecule has 1 aromatic rings. The molecule has 14 heavy (non-hydrogen) atoms. The average molecular weight is 265 g/mol.